The molecule has 1 aromatic rings. The Kier molecular flexibility index (Phi) is 5.93. The number of piperidine rings is 1. The van der Waals surface area contributed by atoms with Crippen LogP contribution in [0.3, 0.4) is 0 Å². The van der Waals surface area contributed by atoms with E-state index in [0.29, 0.717) is 0 Å². The molecule has 110 valence electrons. The molecule has 1 heterocycles. The minimum Gasteiger partial charge on any atom is -0.487 e. The van der Waals surface area contributed by atoms with Crippen LogP contribution < -0.4 is 9.64 Å². The van der Waals surface area contributed by atoms with Crippen molar-refractivity contribution in [1.82, 2.24) is 0 Å². The van der Waals surface area contributed by atoms with E-state index in [1.807, 2.05) is 24.3 Å². The molecule has 0 saturated carbocycles. The highest BCUT2D eigenvalue weighted by molar-refractivity contribution is 6.30. The van der Waals surface area contributed by atoms with Gasteiger partial charge in [-0.05, 0) is 48.9 Å². The minimum absolute atomic E-state index is 0.754. The molecule has 1 saturated heterocycles. The van der Waals surface area contributed by atoms with Gasteiger partial charge in [-0.1, -0.05) is 24.6 Å². The average Bonchev–Trinajstić information content (AvgIpc) is 2.44. The number of hydrogen-bond donors (Lipinski definition) is 1. The van der Waals surface area contributed by atoms with Crippen molar-refractivity contribution >= 4 is 11.6 Å². The lowest BCUT2D eigenvalue weighted by Gasteiger charge is -2.27. The number of allylic oxidation sites excluding steroid dienone is 1. The van der Waals surface area contributed by atoms with Crippen molar-refractivity contribution in [1.29, 1.82) is 0 Å². The summed E-state index contributed by atoms with van der Waals surface area (Å²) in [6.07, 6.45) is 5.37. The number of halogens is 1. The minimum atomic E-state index is 0.754. The van der Waals surface area contributed by atoms with Crippen LogP contribution in [0.1, 0.15) is 25.3 Å². The molecular formula is C17H25ClNO+. The molecule has 0 aromatic heterocycles. The summed E-state index contributed by atoms with van der Waals surface area (Å²) < 4.78 is 5.95. The van der Waals surface area contributed by atoms with Crippen LogP contribution in [0.25, 0.3) is 0 Å². The lowest BCUT2D eigenvalue weighted by molar-refractivity contribution is -0.906. The van der Waals surface area contributed by atoms with E-state index in [4.69, 9.17) is 16.3 Å². The van der Waals surface area contributed by atoms with Gasteiger partial charge in [0.15, 0.2) is 0 Å². The monoisotopic (exact) mass is 294 g/mol. The van der Waals surface area contributed by atoms with Crippen molar-refractivity contribution in [3.8, 4) is 5.75 Å². The first-order valence-electron chi connectivity index (χ1n) is 7.54. The summed E-state index contributed by atoms with van der Waals surface area (Å²) in [5, 5.41) is 0.754. The molecule has 0 bridgehead atoms. The molecule has 0 unspecified atom stereocenters. The van der Waals surface area contributed by atoms with Gasteiger partial charge in [0.1, 0.15) is 18.9 Å². The van der Waals surface area contributed by atoms with Gasteiger partial charge in [-0.3, -0.25) is 0 Å². The van der Waals surface area contributed by atoms with Crippen molar-refractivity contribution in [3.63, 3.8) is 0 Å². The van der Waals surface area contributed by atoms with Crippen LogP contribution in [0.5, 0.6) is 5.75 Å². The maximum absolute atomic E-state index is 6.03. The molecule has 1 N–H and O–H groups in total. The first-order valence-corrected chi connectivity index (χ1v) is 7.92. The Balaban J connectivity index is 1.83. The van der Waals surface area contributed by atoms with Crippen LogP contribution in [0, 0.1) is 5.92 Å². The second kappa shape index (κ2) is 7.70. The highest BCUT2D eigenvalue weighted by Crippen LogP contribution is 2.23. The molecule has 1 aromatic carbocycles. The number of hydrogen-bond acceptors (Lipinski definition) is 1. The number of ether oxygens (including phenoxy) is 1. The summed E-state index contributed by atoms with van der Waals surface area (Å²) in [6, 6.07) is 5.82. The molecule has 0 atom stereocenters. The summed E-state index contributed by atoms with van der Waals surface area (Å²) in [4.78, 5) is 1.67. The van der Waals surface area contributed by atoms with Crippen LogP contribution in [0.2, 0.25) is 5.02 Å². The number of benzene rings is 1. The Morgan fingerprint density at radius 3 is 2.85 bits per heavy atom. The maximum atomic E-state index is 6.03. The van der Waals surface area contributed by atoms with Crippen molar-refractivity contribution in [2.24, 2.45) is 5.92 Å². The van der Waals surface area contributed by atoms with E-state index in [-0.39, 0.29) is 0 Å². The Morgan fingerprint density at radius 2 is 2.15 bits per heavy atom. The summed E-state index contributed by atoms with van der Waals surface area (Å²) in [6.45, 7) is 10.6. The third-order valence-corrected chi connectivity index (χ3v) is 4.32. The van der Waals surface area contributed by atoms with E-state index in [1.54, 1.807) is 4.90 Å². The summed E-state index contributed by atoms with van der Waals surface area (Å²) in [5.74, 6) is 1.84. The van der Waals surface area contributed by atoms with E-state index >= 15 is 0 Å². The topological polar surface area (TPSA) is 13.7 Å². The van der Waals surface area contributed by atoms with Gasteiger partial charge < -0.3 is 9.64 Å². The normalized spacial score (nSPS) is 22.5. The molecule has 0 spiro atoms. The Bertz CT molecular complexity index is 439. The van der Waals surface area contributed by atoms with Crippen molar-refractivity contribution in [2.75, 3.05) is 26.2 Å². The number of rotatable bonds is 6. The fourth-order valence-electron chi connectivity index (χ4n) is 2.73. The third-order valence-electron chi connectivity index (χ3n) is 4.08. The molecule has 3 heteroatoms. The van der Waals surface area contributed by atoms with Crippen molar-refractivity contribution in [2.45, 2.75) is 26.2 Å². The molecular weight excluding hydrogens is 270 g/mol. The van der Waals surface area contributed by atoms with Crippen LogP contribution in [-0.2, 0) is 6.42 Å². The van der Waals surface area contributed by atoms with Crippen LogP contribution in [0.15, 0.2) is 30.9 Å². The number of likely N-dealkylation sites (tertiary alicyclic amines) is 1. The van der Waals surface area contributed by atoms with E-state index in [2.05, 4.69) is 13.5 Å². The van der Waals surface area contributed by atoms with Crippen LogP contribution in [0.4, 0.5) is 0 Å². The first-order chi connectivity index (χ1) is 9.69. The summed E-state index contributed by atoms with van der Waals surface area (Å²) >= 11 is 6.03. The lowest BCUT2D eigenvalue weighted by Crippen LogP contribution is -3.13. The molecule has 2 rings (SSSR count). The van der Waals surface area contributed by atoms with Gasteiger partial charge >= 0.3 is 0 Å². The Labute approximate surface area is 127 Å². The van der Waals surface area contributed by atoms with E-state index in [0.717, 1.165) is 41.8 Å². The third kappa shape index (κ3) is 4.53. The zero-order valence-electron chi connectivity index (χ0n) is 12.3. The first kappa shape index (κ1) is 15.4. The van der Waals surface area contributed by atoms with Gasteiger partial charge in [0, 0.05) is 5.02 Å². The van der Waals surface area contributed by atoms with E-state index in [1.165, 1.54) is 25.9 Å². The lowest BCUT2D eigenvalue weighted by atomic mass is 9.99. The maximum Gasteiger partial charge on any atom is 0.137 e. The highest BCUT2D eigenvalue weighted by atomic mass is 35.5. The fourth-order valence-corrected chi connectivity index (χ4v) is 2.92. The molecule has 0 radical (unpaired) electrons. The predicted octanol–water partition coefficient (Wildman–Crippen LogP) is 2.76. The number of nitrogens with one attached hydrogen (secondary N) is 1. The van der Waals surface area contributed by atoms with Gasteiger partial charge in [0.2, 0.25) is 0 Å². The van der Waals surface area contributed by atoms with Gasteiger partial charge in [0.25, 0.3) is 0 Å². The van der Waals surface area contributed by atoms with Gasteiger partial charge in [-0.25, -0.2) is 0 Å². The summed E-state index contributed by atoms with van der Waals surface area (Å²) in [7, 11) is 0. The van der Waals surface area contributed by atoms with Crippen molar-refractivity contribution in [3.05, 3.63) is 41.4 Å². The van der Waals surface area contributed by atoms with Crippen LogP contribution >= 0.6 is 11.6 Å². The second-order valence-electron chi connectivity index (χ2n) is 5.78. The van der Waals surface area contributed by atoms with E-state index in [9.17, 15) is 0 Å². The molecule has 20 heavy (non-hydrogen) atoms. The van der Waals surface area contributed by atoms with E-state index < -0.39 is 0 Å². The smallest absolute Gasteiger partial charge is 0.137 e. The van der Waals surface area contributed by atoms with Crippen LogP contribution in [-0.4, -0.2) is 26.2 Å². The molecule has 2 nitrogen and oxygen atoms in total. The summed E-state index contributed by atoms with van der Waals surface area (Å²) in [5.41, 5.74) is 1.12. The Morgan fingerprint density at radius 1 is 1.40 bits per heavy atom. The SMILES string of the molecule is C=CCc1cc(Cl)ccc1OCC[NH+]1CCC(C)CC1. The predicted molar refractivity (Wildman–Crippen MR) is 84.8 cm³/mol. The molecule has 0 aliphatic carbocycles. The largest absolute Gasteiger partial charge is 0.487 e. The van der Waals surface area contributed by atoms with Gasteiger partial charge in [-0.2, -0.15) is 0 Å². The highest BCUT2D eigenvalue weighted by Gasteiger charge is 2.18. The molecule has 1 aliphatic heterocycles. The molecule has 0 amide bonds. The standard InChI is InChI=1S/C17H24ClNO/c1-3-4-15-13-16(18)5-6-17(15)20-12-11-19-9-7-14(2)8-10-19/h3,5-6,13-14H,1,4,7-12H2,2H3/p+1. The molecule has 1 aliphatic rings. The van der Waals surface area contributed by atoms with Crippen molar-refractivity contribution < 1.29 is 9.64 Å². The zero-order chi connectivity index (χ0) is 14.4. The second-order valence-corrected chi connectivity index (χ2v) is 6.21. The molecule has 1 fully saturated rings. The zero-order valence-corrected chi connectivity index (χ0v) is 13.1. The average molecular weight is 295 g/mol. The number of quaternary nitrogens is 1. The quantitative estimate of drug-likeness (QED) is 0.797. The Hall–Kier alpha value is -0.990. The fraction of sp³-hybridized carbons (Fsp3) is 0.529. The van der Waals surface area contributed by atoms with Gasteiger partial charge in [-0.15, -0.1) is 6.58 Å². The van der Waals surface area contributed by atoms with Gasteiger partial charge in [0.05, 0.1) is 13.1 Å².